The summed E-state index contributed by atoms with van der Waals surface area (Å²) < 4.78 is 39.3. The topological polar surface area (TPSA) is 57.7 Å². The standard InChI is InChI=1S/C18H13F3N2O3/c19-12-3-1-11(2-4-12)16(24)10-22-7-8-23(18(26)17(22)25)13-5-6-14(20)15(21)9-13/h1-6,9H,7-8,10H2. The Morgan fingerprint density at radius 3 is 2.23 bits per heavy atom. The minimum absolute atomic E-state index is 0.0341. The average molecular weight is 362 g/mol. The number of piperazine rings is 1. The SMILES string of the molecule is O=C(CN1CCN(c2ccc(F)c(F)c2)C(=O)C1=O)c1ccc(F)cc1. The van der Waals surface area contributed by atoms with E-state index in [1.54, 1.807) is 0 Å². The van der Waals surface area contributed by atoms with Crippen LogP contribution in [0.1, 0.15) is 10.4 Å². The first-order valence-corrected chi connectivity index (χ1v) is 7.71. The molecule has 0 saturated carbocycles. The molecule has 2 aromatic rings. The third kappa shape index (κ3) is 3.44. The molecular weight excluding hydrogens is 349 g/mol. The second kappa shape index (κ2) is 6.99. The van der Waals surface area contributed by atoms with E-state index >= 15 is 0 Å². The van der Waals surface area contributed by atoms with Gasteiger partial charge in [0.25, 0.3) is 0 Å². The highest BCUT2D eigenvalue weighted by Gasteiger charge is 2.34. The number of carbonyl (C=O) groups excluding carboxylic acids is 3. The number of anilines is 1. The summed E-state index contributed by atoms with van der Waals surface area (Å²) in [6, 6.07) is 7.74. The molecule has 3 rings (SSSR count). The van der Waals surface area contributed by atoms with Crippen LogP contribution in [-0.2, 0) is 9.59 Å². The lowest BCUT2D eigenvalue weighted by Gasteiger charge is -2.33. The van der Waals surface area contributed by atoms with Crippen LogP contribution in [0, 0.1) is 17.5 Å². The molecule has 0 N–H and O–H groups in total. The lowest BCUT2D eigenvalue weighted by Crippen LogP contribution is -2.55. The van der Waals surface area contributed by atoms with Crippen molar-refractivity contribution in [3.63, 3.8) is 0 Å². The van der Waals surface area contributed by atoms with Crippen molar-refractivity contribution in [3.8, 4) is 0 Å². The van der Waals surface area contributed by atoms with Crippen LogP contribution in [0.25, 0.3) is 0 Å². The molecule has 0 radical (unpaired) electrons. The molecule has 0 unspecified atom stereocenters. The maximum atomic E-state index is 13.3. The summed E-state index contributed by atoms with van der Waals surface area (Å²) in [5, 5.41) is 0. The molecule has 1 aliphatic heterocycles. The normalized spacial score (nSPS) is 14.7. The van der Waals surface area contributed by atoms with Gasteiger partial charge in [-0.15, -0.1) is 0 Å². The van der Waals surface area contributed by atoms with Crippen molar-refractivity contribution < 1.29 is 27.6 Å². The van der Waals surface area contributed by atoms with Gasteiger partial charge in [-0.2, -0.15) is 0 Å². The Kier molecular flexibility index (Phi) is 4.75. The van der Waals surface area contributed by atoms with Crippen LogP contribution < -0.4 is 4.90 Å². The highest BCUT2D eigenvalue weighted by atomic mass is 19.2. The van der Waals surface area contributed by atoms with Gasteiger partial charge in [-0.05, 0) is 36.4 Å². The molecule has 0 aromatic heterocycles. The Morgan fingerprint density at radius 1 is 0.885 bits per heavy atom. The minimum Gasteiger partial charge on any atom is -0.325 e. The molecular formula is C18H13F3N2O3. The summed E-state index contributed by atoms with van der Waals surface area (Å²) in [6.45, 7) is -0.245. The molecule has 1 heterocycles. The van der Waals surface area contributed by atoms with Gasteiger partial charge < -0.3 is 9.80 Å². The van der Waals surface area contributed by atoms with E-state index in [4.69, 9.17) is 0 Å². The smallest absolute Gasteiger partial charge is 0.316 e. The lowest BCUT2D eigenvalue weighted by molar-refractivity contribution is -0.145. The van der Waals surface area contributed by atoms with E-state index in [1.807, 2.05) is 0 Å². The van der Waals surface area contributed by atoms with E-state index in [9.17, 15) is 27.6 Å². The molecule has 2 amide bonds. The van der Waals surface area contributed by atoms with Crippen molar-refractivity contribution >= 4 is 23.3 Å². The van der Waals surface area contributed by atoms with Crippen LogP contribution in [0.15, 0.2) is 42.5 Å². The van der Waals surface area contributed by atoms with Crippen molar-refractivity contribution in [1.82, 2.24) is 4.90 Å². The maximum absolute atomic E-state index is 13.3. The molecule has 1 aliphatic rings. The van der Waals surface area contributed by atoms with E-state index in [-0.39, 0.29) is 30.9 Å². The lowest BCUT2D eigenvalue weighted by atomic mass is 10.1. The predicted molar refractivity (Wildman–Crippen MR) is 86.0 cm³/mol. The first-order valence-electron chi connectivity index (χ1n) is 7.71. The largest absolute Gasteiger partial charge is 0.325 e. The summed E-state index contributed by atoms with van der Waals surface area (Å²) in [7, 11) is 0. The van der Waals surface area contributed by atoms with E-state index in [0.29, 0.717) is 0 Å². The van der Waals surface area contributed by atoms with Crippen molar-refractivity contribution in [2.75, 3.05) is 24.5 Å². The Balaban J connectivity index is 1.71. The molecule has 0 atom stereocenters. The number of hydrogen-bond donors (Lipinski definition) is 0. The zero-order valence-electron chi connectivity index (χ0n) is 13.4. The van der Waals surface area contributed by atoms with E-state index in [2.05, 4.69) is 0 Å². The summed E-state index contributed by atoms with van der Waals surface area (Å²) in [6.07, 6.45) is 0. The molecule has 8 heteroatoms. The van der Waals surface area contributed by atoms with Crippen molar-refractivity contribution in [1.29, 1.82) is 0 Å². The van der Waals surface area contributed by atoms with Gasteiger partial charge in [0.1, 0.15) is 5.82 Å². The van der Waals surface area contributed by atoms with Crippen LogP contribution in [0.4, 0.5) is 18.9 Å². The zero-order chi connectivity index (χ0) is 18.8. The van der Waals surface area contributed by atoms with Crippen molar-refractivity contribution in [3.05, 3.63) is 65.5 Å². The third-order valence-electron chi connectivity index (χ3n) is 4.02. The number of rotatable bonds is 4. The van der Waals surface area contributed by atoms with Crippen LogP contribution in [-0.4, -0.2) is 42.1 Å². The highest BCUT2D eigenvalue weighted by molar-refractivity contribution is 6.41. The van der Waals surface area contributed by atoms with E-state index < -0.39 is 35.0 Å². The molecule has 1 saturated heterocycles. The van der Waals surface area contributed by atoms with Crippen LogP contribution in [0.2, 0.25) is 0 Å². The molecule has 1 fully saturated rings. The van der Waals surface area contributed by atoms with Gasteiger partial charge in [-0.1, -0.05) is 0 Å². The van der Waals surface area contributed by atoms with Gasteiger partial charge in [-0.25, -0.2) is 13.2 Å². The molecule has 26 heavy (non-hydrogen) atoms. The maximum Gasteiger partial charge on any atom is 0.316 e. The van der Waals surface area contributed by atoms with Gasteiger partial charge in [0.15, 0.2) is 17.4 Å². The fourth-order valence-electron chi connectivity index (χ4n) is 2.63. The van der Waals surface area contributed by atoms with Crippen LogP contribution >= 0.6 is 0 Å². The van der Waals surface area contributed by atoms with Gasteiger partial charge in [0.2, 0.25) is 0 Å². The van der Waals surface area contributed by atoms with E-state index in [1.165, 1.54) is 18.2 Å². The Morgan fingerprint density at radius 2 is 1.58 bits per heavy atom. The second-order valence-corrected chi connectivity index (χ2v) is 5.71. The number of Topliss-reactive ketones (excluding diaryl/α,β-unsaturated/α-hetero) is 1. The Labute approximate surface area is 146 Å². The average Bonchev–Trinajstić information content (AvgIpc) is 2.62. The molecule has 0 bridgehead atoms. The number of hydrogen-bond acceptors (Lipinski definition) is 3. The van der Waals surface area contributed by atoms with Gasteiger partial charge in [-0.3, -0.25) is 14.4 Å². The monoisotopic (exact) mass is 362 g/mol. The van der Waals surface area contributed by atoms with Crippen molar-refractivity contribution in [2.45, 2.75) is 0 Å². The van der Waals surface area contributed by atoms with Crippen LogP contribution in [0.3, 0.4) is 0 Å². The van der Waals surface area contributed by atoms with Gasteiger partial charge >= 0.3 is 11.8 Å². The van der Waals surface area contributed by atoms with Crippen LogP contribution in [0.5, 0.6) is 0 Å². The zero-order valence-corrected chi connectivity index (χ0v) is 13.4. The summed E-state index contributed by atoms with van der Waals surface area (Å²) >= 11 is 0. The second-order valence-electron chi connectivity index (χ2n) is 5.71. The minimum atomic E-state index is -1.13. The van der Waals surface area contributed by atoms with E-state index in [0.717, 1.165) is 34.1 Å². The molecule has 0 aliphatic carbocycles. The summed E-state index contributed by atoms with van der Waals surface area (Å²) in [5.41, 5.74) is 0.279. The van der Waals surface area contributed by atoms with Gasteiger partial charge in [0, 0.05) is 30.4 Å². The first-order chi connectivity index (χ1) is 12.4. The van der Waals surface area contributed by atoms with Crippen molar-refractivity contribution in [2.24, 2.45) is 0 Å². The summed E-state index contributed by atoms with van der Waals surface area (Å²) in [5.74, 6) is -4.97. The molecule has 2 aromatic carbocycles. The highest BCUT2D eigenvalue weighted by Crippen LogP contribution is 2.21. The fourth-order valence-corrected chi connectivity index (χ4v) is 2.63. The molecule has 134 valence electrons. The number of benzene rings is 2. The first kappa shape index (κ1) is 17.7. The summed E-state index contributed by atoms with van der Waals surface area (Å²) in [4.78, 5) is 38.8. The van der Waals surface area contributed by atoms with Gasteiger partial charge in [0.05, 0.1) is 6.54 Å². The fraction of sp³-hybridized carbons (Fsp3) is 0.167. The number of carbonyl (C=O) groups is 3. The Hall–Kier alpha value is -3.16. The number of nitrogens with zero attached hydrogens (tertiary/aromatic N) is 2. The number of amides is 2. The number of ketones is 1. The number of halogens is 3. The predicted octanol–water partition coefficient (Wildman–Crippen LogP) is 2.16. The Bertz CT molecular complexity index is 884. The molecule has 0 spiro atoms. The molecule has 5 nitrogen and oxygen atoms in total. The quantitative estimate of drug-likeness (QED) is 0.619. The third-order valence-corrected chi connectivity index (χ3v) is 4.02.